The van der Waals surface area contributed by atoms with Crippen molar-refractivity contribution >= 4 is 17.3 Å². The molecule has 0 amide bonds. The summed E-state index contributed by atoms with van der Waals surface area (Å²) in [6.07, 6.45) is 1.75. The van der Waals surface area contributed by atoms with Gasteiger partial charge in [-0.15, -0.1) is 11.3 Å². The van der Waals surface area contributed by atoms with Gasteiger partial charge in [0.25, 0.3) is 0 Å². The molecule has 1 unspecified atom stereocenters. The molecule has 0 radical (unpaired) electrons. The van der Waals surface area contributed by atoms with Gasteiger partial charge in [0, 0.05) is 10.3 Å². The van der Waals surface area contributed by atoms with E-state index >= 15 is 0 Å². The molecular formula is C24H34O4S. The Balaban J connectivity index is 2.35. The summed E-state index contributed by atoms with van der Waals surface area (Å²) in [5, 5.41) is 20.0. The Labute approximate surface area is 178 Å². The molecule has 1 aromatic heterocycles. The second kappa shape index (κ2) is 8.49. The number of hydrogen-bond donors (Lipinski definition) is 2. The quantitative estimate of drug-likeness (QED) is 0.549. The fourth-order valence-corrected chi connectivity index (χ4v) is 4.60. The summed E-state index contributed by atoms with van der Waals surface area (Å²) in [5.41, 5.74) is 0.709. The molecule has 0 spiro atoms. The number of aromatic carboxylic acids is 1. The number of carbonyl (C=O) groups is 1. The molecule has 1 heterocycles. The maximum Gasteiger partial charge on any atom is 0.345 e. The van der Waals surface area contributed by atoms with Gasteiger partial charge in [-0.3, -0.25) is 0 Å². The zero-order chi connectivity index (χ0) is 22.0. The lowest BCUT2D eigenvalue weighted by atomic mass is 9.74. The first kappa shape index (κ1) is 23.4. The Morgan fingerprint density at radius 1 is 1.07 bits per heavy atom. The number of carboxylic acids is 1. The molecule has 0 saturated carbocycles. The summed E-state index contributed by atoms with van der Waals surface area (Å²) in [6, 6.07) is 9.81. The molecule has 0 bridgehead atoms. The largest absolute Gasteiger partial charge is 0.490 e. The van der Waals surface area contributed by atoms with Crippen molar-refractivity contribution < 1.29 is 19.7 Å². The Morgan fingerprint density at radius 2 is 1.69 bits per heavy atom. The first-order valence-electron chi connectivity index (χ1n) is 10.2. The SMILES string of the molecule is CCC(CC)(c1ccc(OCC(C)(O)C(C)(C)C)c(C)c1)c1ccc(C(=O)O)s1. The van der Waals surface area contributed by atoms with E-state index in [1.807, 2.05) is 39.8 Å². The second-order valence-corrected chi connectivity index (χ2v) is 10.1. The molecule has 2 N–H and O–H groups in total. The highest BCUT2D eigenvalue weighted by Crippen LogP contribution is 2.43. The molecule has 2 aromatic rings. The van der Waals surface area contributed by atoms with E-state index in [2.05, 4.69) is 26.0 Å². The normalized spacial score (nSPS) is 14.5. The molecule has 1 aromatic carbocycles. The van der Waals surface area contributed by atoms with E-state index < -0.39 is 11.6 Å². The van der Waals surface area contributed by atoms with Crippen LogP contribution in [0.1, 0.15) is 80.1 Å². The molecular weight excluding hydrogens is 384 g/mol. The van der Waals surface area contributed by atoms with Crippen LogP contribution in [0.5, 0.6) is 5.75 Å². The van der Waals surface area contributed by atoms with Gasteiger partial charge in [-0.05, 0) is 61.4 Å². The fraction of sp³-hybridized carbons (Fsp3) is 0.542. The van der Waals surface area contributed by atoms with Crippen LogP contribution in [0.4, 0.5) is 0 Å². The van der Waals surface area contributed by atoms with Gasteiger partial charge in [0.05, 0.1) is 0 Å². The predicted octanol–water partition coefficient (Wildman–Crippen LogP) is 6.04. The van der Waals surface area contributed by atoms with Crippen molar-refractivity contribution in [2.75, 3.05) is 6.61 Å². The van der Waals surface area contributed by atoms with Crippen molar-refractivity contribution in [3.05, 3.63) is 51.2 Å². The van der Waals surface area contributed by atoms with Gasteiger partial charge in [0.1, 0.15) is 22.8 Å². The number of ether oxygens (including phenoxy) is 1. The minimum atomic E-state index is -0.946. The third-order valence-electron chi connectivity index (χ3n) is 6.35. The van der Waals surface area contributed by atoms with Crippen LogP contribution in [0.15, 0.2) is 30.3 Å². The highest BCUT2D eigenvalue weighted by molar-refractivity contribution is 7.14. The Morgan fingerprint density at radius 3 is 2.14 bits per heavy atom. The first-order chi connectivity index (χ1) is 13.4. The highest BCUT2D eigenvalue weighted by Gasteiger charge is 2.36. The van der Waals surface area contributed by atoms with Gasteiger partial charge in [-0.1, -0.05) is 46.8 Å². The molecule has 0 fully saturated rings. The number of hydrogen-bond acceptors (Lipinski definition) is 4. The molecule has 2 rings (SSSR count). The molecule has 160 valence electrons. The fourth-order valence-electron chi connectivity index (χ4n) is 3.40. The predicted molar refractivity (Wildman–Crippen MR) is 119 cm³/mol. The lowest BCUT2D eigenvalue weighted by Gasteiger charge is -2.37. The van der Waals surface area contributed by atoms with Crippen molar-refractivity contribution in [3.8, 4) is 5.75 Å². The van der Waals surface area contributed by atoms with Gasteiger partial charge in [-0.2, -0.15) is 0 Å². The van der Waals surface area contributed by atoms with E-state index in [0.717, 1.165) is 34.6 Å². The summed E-state index contributed by atoms with van der Waals surface area (Å²) in [7, 11) is 0. The van der Waals surface area contributed by atoms with Gasteiger partial charge in [0.15, 0.2) is 0 Å². The molecule has 29 heavy (non-hydrogen) atoms. The number of rotatable bonds is 8. The number of aliphatic hydroxyl groups is 1. The van der Waals surface area contributed by atoms with E-state index in [0.29, 0.717) is 4.88 Å². The molecule has 4 nitrogen and oxygen atoms in total. The lowest BCUT2D eigenvalue weighted by molar-refractivity contribution is -0.0725. The molecule has 5 heteroatoms. The number of carboxylic acid groups (broad SMARTS) is 1. The Hall–Kier alpha value is -1.85. The number of thiophene rings is 1. The summed E-state index contributed by atoms with van der Waals surface area (Å²) >= 11 is 1.35. The van der Waals surface area contributed by atoms with Crippen LogP contribution in [-0.2, 0) is 5.41 Å². The summed E-state index contributed by atoms with van der Waals surface area (Å²) in [6.45, 7) is 14.3. The van der Waals surface area contributed by atoms with Gasteiger partial charge in [-0.25, -0.2) is 4.79 Å². The summed E-state index contributed by atoms with van der Waals surface area (Å²) < 4.78 is 5.98. The molecule has 0 aliphatic carbocycles. The van der Waals surface area contributed by atoms with Crippen molar-refractivity contribution in [1.82, 2.24) is 0 Å². The number of aryl methyl sites for hydroxylation is 1. The maximum absolute atomic E-state index is 11.4. The third kappa shape index (κ3) is 4.67. The van der Waals surface area contributed by atoms with Crippen molar-refractivity contribution in [2.45, 2.75) is 72.3 Å². The Bertz CT molecular complexity index is 854. The monoisotopic (exact) mass is 418 g/mol. The summed E-state index contributed by atoms with van der Waals surface area (Å²) in [4.78, 5) is 12.8. The second-order valence-electron chi connectivity index (χ2n) is 9.05. The number of benzene rings is 1. The van der Waals surface area contributed by atoms with Gasteiger partial charge >= 0.3 is 5.97 Å². The third-order valence-corrected chi connectivity index (χ3v) is 7.62. The van der Waals surface area contributed by atoms with Crippen molar-refractivity contribution in [1.29, 1.82) is 0 Å². The van der Waals surface area contributed by atoms with Crippen LogP contribution in [0.2, 0.25) is 0 Å². The van der Waals surface area contributed by atoms with Crippen LogP contribution < -0.4 is 4.74 Å². The van der Waals surface area contributed by atoms with Crippen LogP contribution in [-0.4, -0.2) is 28.4 Å². The lowest BCUT2D eigenvalue weighted by Crippen LogP contribution is -2.45. The van der Waals surface area contributed by atoms with Gasteiger partial charge in [0.2, 0.25) is 0 Å². The average molecular weight is 419 g/mol. The van der Waals surface area contributed by atoms with Crippen molar-refractivity contribution in [3.63, 3.8) is 0 Å². The van der Waals surface area contributed by atoms with Crippen LogP contribution in [0.25, 0.3) is 0 Å². The highest BCUT2D eigenvalue weighted by atomic mass is 32.1. The molecule has 0 aliphatic rings. The van der Waals surface area contributed by atoms with Crippen molar-refractivity contribution in [2.24, 2.45) is 5.41 Å². The van der Waals surface area contributed by atoms with E-state index in [1.165, 1.54) is 11.3 Å². The zero-order valence-electron chi connectivity index (χ0n) is 18.6. The maximum atomic E-state index is 11.4. The van der Waals surface area contributed by atoms with Gasteiger partial charge < -0.3 is 14.9 Å². The minimum absolute atomic E-state index is 0.219. The minimum Gasteiger partial charge on any atom is -0.490 e. The standard InChI is InChI=1S/C24H34O4S/c1-8-24(9-2,20-13-12-19(29-20)21(25)26)17-10-11-18(16(3)14-17)28-15-23(7,27)22(4,5)6/h10-14,27H,8-9,15H2,1-7H3,(H,25,26). The smallest absolute Gasteiger partial charge is 0.345 e. The molecule has 0 aliphatic heterocycles. The summed E-state index contributed by atoms with van der Waals surface area (Å²) in [5.74, 6) is -0.120. The zero-order valence-corrected chi connectivity index (χ0v) is 19.4. The van der Waals surface area contributed by atoms with E-state index in [4.69, 9.17) is 4.74 Å². The molecule has 1 atom stereocenters. The first-order valence-corrected chi connectivity index (χ1v) is 11.0. The van der Waals surface area contributed by atoms with Crippen LogP contribution in [0.3, 0.4) is 0 Å². The Kier molecular flexibility index (Phi) is 6.86. The van der Waals surface area contributed by atoms with Crippen LogP contribution >= 0.6 is 11.3 Å². The average Bonchev–Trinajstić information content (AvgIpc) is 3.12. The van der Waals surface area contributed by atoms with E-state index in [9.17, 15) is 15.0 Å². The van der Waals surface area contributed by atoms with E-state index in [1.54, 1.807) is 13.0 Å². The van der Waals surface area contributed by atoms with Crippen LogP contribution in [0, 0.1) is 12.3 Å². The van der Waals surface area contributed by atoms with E-state index in [-0.39, 0.29) is 17.4 Å². The topological polar surface area (TPSA) is 66.8 Å². The molecule has 0 saturated heterocycles.